The molecule has 0 bridgehead atoms. The minimum Gasteiger partial charge on any atom is -0.460 e. The van der Waals surface area contributed by atoms with Gasteiger partial charge in [-0.2, -0.15) is 0 Å². The lowest BCUT2D eigenvalue weighted by Crippen LogP contribution is -2.45. The molecule has 0 radical (unpaired) electrons. The number of alkyl carbamates (subject to hydrolysis) is 1. The van der Waals surface area contributed by atoms with Crippen LogP contribution in [0.25, 0.3) is 0 Å². The highest BCUT2D eigenvalue weighted by Crippen LogP contribution is 2.17. The summed E-state index contributed by atoms with van der Waals surface area (Å²) in [4.78, 5) is 40.0. The van der Waals surface area contributed by atoms with Gasteiger partial charge in [0.05, 0.1) is 6.42 Å². The number of ketones is 1. The third-order valence-electron chi connectivity index (χ3n) is 5.14. The molecule has 1 aromatic carbocycles. The number of piperidine rings is 1. The molecule has 1 aliphatic heterocycles. The average molecular weight is 473 g/mol. The molecular weight excluding hydrogens is 440 g/mol. The molecule has 0 saturated carbocycles. The van der Waals surface area contributed by atoms with Crippen molar-refractivity contribution in [2.75, 3.05) is 18.0 Å². The van der Waals surface area contributed by atoms with Crippen LogP contribution in [-0.4, -0.2) is 62.8 Å². The Hall–Kier alpha value is -3.50. The molecule has 184 valence electrons. The molecule has 2 heterocycles. The molecule has 3 rings (SSSR count). The molecule has 0 aliphatic carbocycles. The molecule has 1 unspecified atom stereocenters. The number of nitrogens with zero attached hydrogens (tertiary/aromatic N) is 5. The second-order valence-corrected chi connectivity index (χ2v) is 9.20. The Balaban J connectivity index is 1.67. The molecule has 1 saturated heterocycles. The Kier molecular flexibility index (Phi) is 8.55. The van der Waals surface area contributed by atoms with Crippen LogP contribution in [0.1, 0.15) is 52.0 Å². The third kappa shape index (κ3) is 7.82. The lowest BCUT2D eigenvalue weighted by molar-refractivity contribution is -0.156. The smallest absolute Gasteiger partial charge is 0.408 e. The van der Waals surface area contributed by atoms with Crippen LogP contribution in [0.3, 0.4) is 0 Å². The number of aromatic nitrogens is 4. The Bertz CT molecular complexity index is 966. The predicted octanol–water partition coefficient (Wildman–Crippen LogP) is 2.26. The van der Waals surface area contributed by atoms with E-state index in [1.54, 1.807) is 20.8 Å². The van der Waals surface area contributed by atoms with Gasteiger partial charge >= 0.3 is 12.1 Å². The summed E-state index contributed by atoms with van der Waals surface area (Å²) < 4.78 is 12.0. The maximum absolute atomic E-state index is 13.1. The van der Waals surface area contributed by atoms with Crippen LogP contribution >= 0.6 is 0 Å². The molecule has 1 amide bonds. The minimum absolute atomic E-state index is 0.0339. The quantitative estimate of drug-likeness (QED) is 0.546. The van der Waals surface area contributed by atoms with E-state index >= 15 is 0 Å². The van der Waals surface area contributed by atoms with Crippen molar-refractivity contribution in [2.24, 2.45) is 0 Å². The SMILES string of the molecule is CC(C)(C)OC(=O)CC(NC(=O)OCc1ccccc1)C(=O)Cn1nnnc1N1CCCCC1. The average Bonchev–Trinajstić information content (AvgIpc) is 3.25. The number of benzene rings is 1. The number of hydrogen-bond donors (Lipinski definition) is 1. The number of tetrazole rings is 1. The summed E-state index contributed by atoms with van der Waals surface area (Å²) in [6, 6.07) is 7.99. The molecule has 11 heteroatoms. The van der Waals surface area contributed by atoms with E-state index in [0.29, 0.717) is 5.95 Å². The van der Waals surface area contributed by atoms with Crippen molar-refractivity contribution >= 4 is 23.8 Å². The van der Waals surface area contributed by atoms with E-state index in [4.69, 9.17) is 9.47 Å². The largest absolute Gasteiger partial charge is 0.460 e. The van der Waals surface area contributed by atoms with Crippen molar-refractivity contribution in [3.63, 3.8) is 0 Å². The van der Waals surface area contributed by atoms with Gasteiger partial charge in [0.15, 0.2) is 5.78 Å². The third-order valence-corrected chi connectivity index (χ3v) is 5.14. The Morgan fingerprint density at radius 1 is 1.09 bits per heavy atom. The number of esters is 1. The number of amides is 1. The zero-order valence-corrected chi connectivity index (χ0v) is 19.9. The maximum Gasteiger partial charge on any atom is 0.408 e. The maximum atomic E-state index is 13.1. The number of carbonyl (C=O) groups excluding carboxylic acids is 3. The molecular formula is C23H32N6O5. The van der Waals surface area contributed by atoms with Gasteiger partial charge in [-0.05, 0) is 56.0 Å². The van der Waals surface area contributed by atoms with Crippen molar-refractivity contribution in [1.82, 2.24) is 25.5 Å². The molecule has 1 atom stereocenters. The van der Waals surface area contributed by atoms with E-state index in [2.05, 4.69) is 20.8 Å². The summed E-state index contributed by atoms with van der Waals surface area (Å²) in [6.07, 6.45) is 2.05. The highest BCUT2D eigenvalue weighted by molar-refractivity contribution is 5.91. The first-order chi connectivity index (χ1) is 16.2. The van der Waals surface area contributed by atoms with Crippen molar-refractivity contribution < 1.29 is 23.9 Å². The van der Waals surface area contributed by atoms with Crippen LogP contribution < -0.4 is 10.2 Å². The van der Waals surface area contributed by atoms with Gasteiger partial charge in [0.2, 0.25) is 5.95 Å². The fraction of sp³-hybridized carbons (Fsp3) is 0.565. The first-order valence-electron chi connectivity index (χ1n) is 11.4. The summed E-state index contributed by atoms with van der Waals surface area (Å²) in [5.41, 5.74) is 0.0722. The van der Waals surface area contributed by atoms with Gasteiger partial charge < -0.3 is 19.7 Å². The van der Waals surface area contributed by atoms with Gasteiger partial charge in [-0.15, -0.1) is 0 Å². The highest BCUT2D eigenvalue weighted by Gasteiger charge is 2.29. The van der Waals surface area contributed by atoms with Crippen molar-refractivity contribution in [1.29, 1.82) is 0 Å². The summed E-state index contributed by atoms with van der Waals surface area (Å²) in [5, 5.41) is 14.2. The standard InChI is InChI=1S/C23H32N6O5/c1-23(2,3)34-20(31)14-18(24-22(32)33-16-17-10-6-4-7-11-17)19(30)15-29-21(25-26-27-29)28-12-8-5-9-13-28/h4,6-7,10-11,18H,5,8-9,12-16H2,1-3H3,(H,24,32). The summed E-state index contributed by atoms with van der Waals surface area (Å²) in [7, 11) is 0. The van der Waals surface area contributed by atoms with Gasteiger partial charge in [0.25, 0.3) is 0 Å². The van der Waals surface area contributed by atoms with Crippen LogP contribution in [-0.2, 0) is 32.2 Å². The van der Waals surface area contributed by atoms with Crippen molar-refractivity contribution in [3.05, 3.63) is 35.9 Å². The van der Waals surface area contributed by atoms with Gasteiger partial charge in [0, 0.05) is 13.1 Å². The molecule has 0 spiro atoms. The van der Waals surface area contributed by atoms with Crippen LogP contribution in [0, 0.1) is 0 Å². The summed E-state index contributed by atoms with van der Waals surface area (Å²) in [6.45, 7) is 6.64. The van der Waals surface area contributed by atoms with E-state index in [1.165, 1.54) is 4.68 Å². The second kappa shape index (κ2) is 11.6. The van der Waals surface area contributed by atoms with Gasteiger partial charge in [0.1, 0.15) is 24.8 Å². The van der Waals surface area contributed by atoms with Crippen LogP contribution in [0.4, 0.5) is 10.7 Å². The van der Waals surface area contributed by atoms with E-state index < -0.39 is 29.5 Å². The molecule has 34 heavy (non-hydrogen) atoms. The fourth-order valence-electron chi connectivity index (χ4n) is 3.58. The number of hydrogen-bond acceptors (Lipinski definition) is 9. The first-order valence-corrected chi connectivity index (χ1v) is 11.4. The second-order valence-electron chi connectivity index (χ2n) is 9.20. The monoisotopic (exact) mass is 472 g/mol. The first kappa shape index (κ1) is 25.1. The number of anilines is 1. The molecule has 2 aromatic rings. The molecule has 11 nitrogen and oxygen atoms in total. The minimum atomic E-state index is -1.16. The van der Waals surface area contributed by atoms with E-state index in [0.717, 1.165) is 37.9 Å². The highest BCUT2D eigenvalue weighted by atomic mass is 16.6. The van der Waals surface area contributed by atoms with Crippen LogP contribution in [0.15, 0.2) is 30.3 Å². The van der Waals surface area contributed by atoms with Gasteiger partial charge in [-0.1, -0.05) is 35.4 Å². The zero-order chi connectivity index (χ0) is 24.6. The Labute approximate surface area is 198 Å². The van der Waals surface area contributed by atoms with Crippen LogP contribution in [0.5, 0.6) is 0 Å². The summed E-state index contributed by atoms with van der Waals surface area (Å²) in [5.74, 6) is -0.550. The van der Waals surface area contributed by atoms with Gasteiger partial charge in [-0.3, -0.25) is 9.59 Å². The van der Waals surface area contributed by atoms with E-state index in [1.807, 2.05) is 35.2 Å². The molecule has 1 aromatic heterocycles. The number of nitrogens with one attached hydrogen (secondary N) is 1. The normalized spacial score (nSPS) is 14.9. The van der Waals surface area contributed by atoms with E-state index in [9.17, 15) is 14.4 Å². The van der Waals surface area contributed by atoms with Crippen molar-refractivity contribution in [2.45, 2.75) is 71.2 Å². The predicted molar refractivity (Wildman–Crippen MR) is 123 cm³/mol. The number of rotatable bonds is 9. The number of ether oxygens (including phenoxy) is 2. The number of carbonyl (C=O) groups is 3. The molecule has 1 fully saturated rings. The molecule has 1 aliphatic rings. The van der Waals surface area contributed by atoms with E-state index in [-0.39, 0.29) is 19.6 Å². The lowest BCUT2D eigenvalue weighted by atomic mass is 10.1. The Morgan fingerprint density at radius 3 is 2.47 bits per heavy atom. The molecule has 1 N–H and O–H groups in total. The van der Waals surface area contributed by atoms with Gasteiger partial charge in [-0.25, -0.2) is 9.48 Å². The summed E-state index contributed by atoms with van der Waals surface area (Å²) >= 11 is 0. The number of Topliss-reactive ketones (excluding diaryl/α,β-unsaturated/α-hetero) is 1. The van der Waals surface area contributed by atoms with Crippen molar-refractivity contribution in [3.8, 4) is 0 Å². The van der Waals surface area contributed by atoms with Crippen LogP contribution in [0.2, 0.25) is 0 Å². The topological polar surface area (TPSA) is 129 Å². The Morgan fingerprint density at radius 2 is 1.79 bits per heavy atom. The fourth-order valence-corrected chi connectivity index (χ4v) is 3.58. The lowest BCUT2D eigenvalue weighted by Gasteiger charge is -2.27. The zero-order valence-electron chi connectivity index (χ0n) is 19.9.